The smallest absolute Gasteiger partial charge is 0.299 e. The Morgan fingerprint density at radius 2 is 1.74 bits per heavy atom. The first-order valence-corrected chi connectivity index (χ1v) is 12.6. The van der Waals surface area contributed by atoms with E-state index in [1.165, 1.54) is 6.07 Å². The van der Waals surface area contributed by atoms with Crippen LogP contribution in [0.15, 0.2) is 77.8 Å². The third-order valence-corrected chi connectivity index (χ3v) is 7.81. The van der Waals surface area contributed by atoms with Gasteiger partial charge in [0.1, 0.15) is 16.7 Å². The van der Waals surface area contributed by atoms with Crippen LogP contribution in [-0.4, -0.2) is 25.9 Å². The SMILES string of the molecule is C[C@H](N=C1NS(=O)(=O)[C@H](c2ccc(-c3cccc(C(N)=O)c3)cc2)C(C)(C)O1)c1ccccc1F. The van der Waals surface area contributed by atoms with Crippen LogP contribution in [0.1, 0.15) is 53.5 Å². The van der Waals surface area contributed by atoms with Gasteiger partial charge in [-0.25, -0.2) is 22.5 Å². The van der Waals surface area contributed by atoms with Gasteiger partial charge in [0.05, 0.1) is 6.04 Å². The van der Waals surface area contributed by atoms with Gasteiger partial charge in [-0.2, -0.15) is 0 Å². The van der Waals surface area contributed by atoms with Crippen molar-refractivity contribution in [1.82, 2.24) is 4.72 Å². The first-order chi connectivity index (χ1) is 16.5. The number of halogens is 1. The van der Waals surface area contributed by atoms with Crippen LogP contribution in [0.4, 0.5) is 4.39 Å². The van der Waals surface area contributed by atoms with Gasteiger partial charge in [-0.05, 0) is 55.7 Å². The van der Waals surface area contributed by atoms with Crippen LogP contribution in [0, 0.1) is 5.82 Å². The largest absolute Gasteiger partial charge is 0.457 e. The third-order valence-electron chi connectivity index (χ3n) is 5.89. The zero-order valence-electron chi connectivity index (χ0n) is 19.5. The number of hydrogen-bond donors (Lipinski definition) is 2. The first kappa shape index (κ1) is 24.4. The molecule has 1 aliphatic rings. The van der Waals surface area contributed by atoms with Gasteiger partial charge in [-0.1, -0.05) is 54.6 Å². The van der Waals surface area contributed by atoms with E-state index in [2.05, 4.69) is 9.71 Å². The number of sulfonamides is 1. The maximum atomic E-state index is 14.1. The number of carbonyl (C=O) groups excluding carboxylic acids is 1. The first-order valence-electron chi connectivity index (χ1n) is 11.0. The lowest BCUT2D eigenvalue weighted by Crippen LogP contribution is -2.53. The molecule has 0 aliphatic carbocycles. The molecule has 0 bridgehead atoms. The Kier molecular flexibility index (Phi) is 6.38. The number of nitrogens with two attached hydrogens (primary N) is 1. The summed E-state index contributed by atoms with van der Waals surface area (Å²) in [5.41, 5.74) is 7.04. The van der Waals surface area contributed by atoms with Crippen molar-refractivity contribution in [2.75, 3.05) is 0 Å². The van der Waals surface area contributed by atoms with Crippen molar-refractivity contribution in [3.05, 3.63) is 95.3 Å². The van der Waals surface area contributed by atoms with E-state index in [4.69, 9.17) is 10.5 Å². The Labute approximate surface area is 203 Å². The minimum absolute atomic E-state index is 0.179. The number of nitrogens with zero attached hydrogens (tertiary/aromatic N) is 1. The molecule has 0 radical (unpaired) electrons. The zero-order chi connectivity index (χ0) is 25.4. The molecule has 182 valence electrons. The average Bonchev–Trinajstić information content (AvgIpc) is 2.78. The molecule has 4 rings (SSSR count). The van der Waals surface area contributed by atoms with E-state index >= 15 is 0 Å². The summed E-state index contributed by atoms with van der Waals surface area (Å²) < 4.78 is 49.0. The fourth-order valence-electron chi connectivity index (χ4n) is 4.27. The van der Waals surface area contributed by atoms with E-state index in [1.807, 2.05) is 6.07 Å². The summed E-state index contributed by atoms with van der Waals surface area (Å²) in [6.07, 6.45) is 0. The molecule has 1 heterocycles. The lowest BCUT2D eigenvalue weighted by atomic mass is 9.95. The Balaban J connectivity index is 1.61. The second-order valence-corrected chi connectivity index (χ2v) is 10.7. The number of ether oxygens (including phenoxy) is 1. The number of benzene rings is 3. The van der Waals surface area contributed by atoms with Gasteiger partial charge in [0.15, 0.2) is 0 Å². The van der Waals surface area contributed by atoms with Gasteiger partial charge in [-0.15, -0.1) is 0 Å². The second kappa shape index (κ2) is 9.14. The monoisotopic (exact) mass is 495 g/mol. The lowest BCUT2D eigenvalue weighted by Gasteiger charge is -2.39. The van der Waals surface area contributed by atoms with E-state index in [9.17, 15) is 17.6 Å². The van der Waals surface area contributed by atoms with Crippen LogP contribution in [0.5, 0.6) is 0 Å². The molecule has 3 aromatic carbocycles. The lowest BCUT2D eigenvalue weighted by molar-refractivity contribution is 0.0761. The number of carbonyl (C=O) groups is 1. The molecule has 7 nitrogen and oxygen atoms in total. The normalized spacial score (nSPS) is 20.5. The van der Waals surface area contributed by atoms with E-state index in [0.29, 0.717) is 16.7 Å². The van der Waals surface area contributed by atoms with E-state index in [0.717, 1.165) is 11.1 Å². The van der Waals surface area contributed by atoms with Gasteiger partial charge < -0.3 is 10.5 Å². The number of rotatable bonds is 5. The number of primary amides is 1. The van der Waals surface area contributed by atoms with Gasteiger partial charge >= 0.3 is 0 Å². The molecule has 3 aromatic rings. The van der Waals surface area contributed by atoms with Crippen molar-refractivity contribution >= 4 is 22.0 Å². The Morgan fingerprint density at radius 3 is 2.37 bits per heavy atom. The number of amidine groups is 1. The fourth-order valence-corrected chi connectivity index (χ4v) is 6.04. The van der Waals surface area contributed by atoms with Gasteiger partial charge in [-0.3, -0.25) is 4.79 Å². The standard InChI is InChI=1S/C26H26FN3O4S/c1-16(21-9-4-5-10-22(21)27)29-25-30-35(32,33)23(26(2,3)34-25)18-13-11-17(12-14-18)19-7-6-8-20(15-19)24(28)31/h4-16,23H,1-3H3,(H2,28,31)(H,29,30)/t16-,23+/m0/s1. The summed E-state index contributed by atoms with van der Waals surface area (Å²) in [6.45, 7) is 5.00. The zero-order valence-corrected chi connectivity index (χ0v) is 20.3. The predicted molar refractivity (Wildman–Crippen MR) is 133 cm³/mol. The highest BCUT2D eigenvalue weighted by atomic mass is 32.2. The van der Waals surface area contributed by atoms with Crippen LogP contribution in [0.2, 0.25) is 0 Å². The molecule has 1 amide bonds. The average molecular weight is 496 g/mol. The molecular weight excluding hydrogens is 469 g/mol. The molecule has 1 aliphatic heterocycles. The molecule has 1 saturated heterocycles. The van der Waals surface area contributed by atoms with Crippen molar-refractivity contribution in [2.45, 2.75) is 37.7 Å². The molecule has 0 spiro atoms. The van der Waals surface area contributed by atoms with Crippen LogP contribution < -0.4 is 10.5 Å². The van der Waals surface area contributed by atoms with Crippen LogP contribution >= 0.6 is 0 Å². The topological polar surface area (TPSA) is 111 Å². The summed E-state index contributed by atoms with van der Waals surface area (Å²) in [5, 5.41) is -1.02. The van der Waals surface area contributed by atoms with Gasteiger partial charge in [0.25, 0.3) is 6.02 Å². The minimum atomic E-state index is -3.93. The maximum Gasteiger partial charge on any atom is 0.299 e. The molecule has 0 aromatic heterocycles. The molecule has 0 unspecified atom stereocenters. The van der Waals surface area contributed by atoms with Crippen molar-refractivity contribution in [1.29, 1.82) is 0 Å². The van der Waals surface area contributed by atoms with E-state index in [1.54, 1.807) is 81.4 Å². The second-order valence-electron chi connectivity index (χ2n) is 8.93. The highest BCUT2D eigenvalue weighted by molar-refractivity contribution is 7.90. The quantitative estimate of drug-likeness (QED) is 0.544. The van der Waals surface area contributed by atoms with Crippen LogP contribution in [0.3, 0.4) is 0 Å². The highest BCUT2D eigenvalue weighted by Gasteiger charge is 2.48. The molecule has 3 N–H and O–H groups in total. The summed E-state index contributed by atoms with van der Waals surface area (Å²) in [4.78, 5) is 15.8. The predicted octanol–water partition coefficient (Wildman–Crippen LogP) is 4.48. The summed E-state index contributed by atoms with van der Waals surface area (Å²) in [6, 6.07) is 19.2. The van der Waals surface area contributed by atoms with Gasteiger partial charge in [0.2, 0.25) is 15.9 Å². The van der Waals surface area contributed by atoms with Crippen molar-refractivity contribution in [3.8, 4) is 11.1 Å². The number of aliphatic imine (C=N–C) groups is 1. The van der Waals surface area contributed by atoms with E-state index in [-0.39, 0.29) is 6.02 Å². The molecule has 0 saturated carbocycles. The van der Waals surface area contributed by atoms with Gasteiger partial charge in [0, 0.05) is 11.1 Å². The van der Waals surface area contributed by atoms with Crippen LogP contribution in [-0.2, 0) is 14.8 Å². The van der Waals surface area contributed by atoms with Crippen molar-refractivity contribution in [2.24, 2.45) is 10.7 Å². The van der Waals surface area contributed by atoms with E-state index < -0.39 is 38.6 Å². The molecule has 9 heteroatoms. The molecular formula is C26H26FN3O4S. The molecule has 35 heavy (non-hydrogen) atoms. The Bertz CT molecular complexity index is 1400. The number of nitrogens with one attached hydrogen (secondary N) is 1. The number of hydrogen-bond acceptors (Lipinski definition) is 5. The molecule has 2 atom stereocenters. The Hall–Kier alpha value is -3.72. The van der Waals surface area contributed by atoms with Crippen LogP contribution in [0.25, 0.3) is 11.1 Å². The number of amides is 1. The highest BCUT2D eigenvalue weighted by Crippen LogP contribution is 2.39. The summed E-state index contributed by atoms with van der Waals surface area (Å²) >= 11 is 0. The maximum absolute atomic E-state index is 14.1. The fraction of sp³-hybridized carbons (Fsp3) is 0.231. The van der Waals surface area contributed by atoms with Crippen molar-refractivity contribution in [3.63, 3.8) is 0 Å². The molecule has 1 fully saturated rings. The summed E-state index contributed by atoms with van der Waals surface area (Å²) in [5.74, 6) is -0.954. The minimum Gasteiger partial charge on any atom is -0.457 e. The van der Waals surface area contributed by atoms with Crippen molar-refractivity contribution < 1.29 is 22.3 Å². The summed E-state index contributed by atoms with van der Waals surface area (Å²) in [7, 11) is -3.93. The third kappa shape index (κ3) is 5.05. The Morgan fingerprint density at radius 1 is 1.06 bits per heavy atom.